The van der Waals surface area contributed by atoms with Crippen molar-refractivity contribution in [1.82, 2.24) is 24.1 Å². The van der Waals surface area contributed by atoms with Crippen LogP contribution in [0, 0.1) is 0 Å². The number of H-pyrrole nitrogens is 1. The Morgan fingerprint density at radius 1 is 1.32 bits per heavy atom. The van der Waals surface area contributed by atoms with Crippen molar-refractivity contribution in [3.8, 4) is 17.1 Å². The highest BCUT2D eigenvalue weighted by atomic mass is 32.2. The lowest BCUT2D eigenvalue weighted by Gasteiger charge is -2.07. The summed E-state index contributed by atoms with van der Waals surface area (Å²) in [5.74, 6) is -0.412. The summed E-state index contributed by atoms with van der Waals surface area (Å²) in [6, 6.07) is 8.82. The SMILES string of the molecule is CS(=O)(=O)Nc1cccc(-c2cc(=NC3CC3)n3nc/c(=C/c4[nH]c(=O)n(CO)c4O)c3n2)c1. The second-order valence-corrected chi connectivity index (χ2v) is 9.78. The van der Waals surface area contributed by atoms with E-state index in [1.807, 2.05) is 0 Å². The largest absolute Gasteiger partial charge is 0.493 e. The standard InChI is InChI=1S/C21H21N7O5S/c1-34(32,33)26-15-4-2-3-12(7-15)16-9-18(23-14-5-6-14)28-19(24-16)13(10-22-28)8-17-20(30)27(11-29)21(31)25-17/h2-4,7-10,14,26,29-30H,5-6,11H2,1H3,(H,25,31)/b13-8-,23-18?. The maximum atomic E-state index is 11.9. The molecule has 1 aromatic carbocycles. The van der Waals surface area contributed by atoms with Gasteiger partial charge in [0, 0.05) is 22.5 Å². The van der Waals surface area contributed by atoms with Gasteiger partial charge in [0.1, 0.15) is 12.4 Å². The van der Waals surface area contributed by atoms with Gasteiger partial charge in [-0.25, -0.2) is 22.8 Å². The maximum absolute atomic E-state index is 11.9. The van der Waals surface area contributed by atoms with Crippen LogP contribution < -0.4 is 21.1 Å². The average molecular weight is 484 g/mol. The smallest absolute Gasteiger partial charge is 0.330 e. The average Bonchev–Trinajstić information content (AvgIpc) is 3.43. The molecule has 0 aliphatic heterocycles. The fraction of sp³-hybridized carbons (Fsp3) is 0.238. The van der Waals surface area contributed by atoms with Gasteiger partial charge < -0.3 is 15.2 Å². The molecule has 0 amide bonds. The second kappa shape index (κ2) is 8.11. The molecule has 4 N–H and O–H groups in total. The van der Waals surface area contributed by atoms with Gasteiger partial charge >= 0.3 is 5.69 Å². The molecule has 0 bridgehead atoms. The van der Waals surface area contributed by atoms with E-state index in [4.69, 9.17) is 9.98 Å². The Hall–Kier alpha value is -3.97. The number of anilines is 1. The molecule has 0 radical (unpaired) electrons. The first-order valence-corrected chi connectivity index (χ1v) is 12.3. The van der Waals surface area contributed by atoms with E-state index in [-0.39, 0.29) is 11.7 Å². The summed E-state index contributed by atoms with van der Waals surface area (Å²) in [4.78, 5) is 23.8. The summed E-state index contributed by atoms with van der Waals surface area (Å²) >= 11 is 0. The number of hydrogen-bond donors (Lipinski definition) is 4. The topological polar surface area (TPSA) is 167 Å². The van der Waals surface area contributed by atoms with E-state index < -0.39 is 28.3 Å². The summed E-state index contributed by atoms with van der Waals surface area (Å²) in [5, 5.41) is 24.4. The molecule has 13 heteroatoms. The predicted molar refractivity (Wildman–Crippen MR) is 123 cm³/mol. The molecule has 1 saturated carbocycles. The lowest BCUT2D eigenvalue weighted by Crippen LogP contribution is -2.19. The lowest BCUT2D eigenvalue weighted by molar-refractivity contribution is 0.192. The normalized spacial score (nSPS) is 15.4. The molecule has 0 spiro atoms. The van der Waals surface area contributed by atoms with E-state index in [2.05, 4.69) is 14.8 Å². The van der Waals surface area contributed by atoms with Crippen LogP contribution in [0.15, 0.2) is 46.3 Å². The van der Waals surface area contributed by atoms with E-state index in [9.17, 15) is 23.4 Å². The minimum atomic E-state index is -3.45. The number of aromatic hydroxyl groups is 1. The quantitative estimate of drug-likeness (QED) is 0.287. The Morgan fingerprint density at radius 3 is 2.79 bits per heavy atom. The van der Waals surface area contributed by atoms with Gasteiger partial charge in [-0.1, -0.05) is 12.1 Å². The van der Waals surface area contributed by atoms with E-state index >= 15 is 0 Å². The van der Waals surface area contributed by atoms with E-state index in [1.54, 1.807) is 34.8 Å². The Morgan fingerprint density at radius 2 is 2.12 bits per heavy atom. The van der Waals surface area contributed by atoms with Crippen molar-refractivity contribution in [2.75, 3.05) is 11.0 Å². The third-order valence-corrected chi connectivity index (χ3v) is 5.83. The van der Waals surface area contributed by atoms with Gasteiger partial charge in [-0.15, -0.1) is 0 Å². The highest BCUT2D eigenvalue weighted by Gasteiger charge is 2.20. The van der Waals surface area contributed by atoms with E-state index in [1.165, 1.54) is 12.3 Å². The number of rotatable bonds is 6. The summed E-state index contributed by atoms with van der Waals surface area (Å²) < 4.78 is 28.1. The van der Waals surface area contributed by atoms with Crippen LogP contribution in [0.1, 0.15) is 18.5 Å². The number of aliphatic hydroxyl groups is 1. The summed E-state index contributed by atoms with van der Waals surface area (Å²) in [5.41, 5.74) is 2.06. The molecule has 3 heterocycles. The van der Waals surface area contributed by atoms with Gasteiger partial charge in [-0.05, 0) is 31.1 Å². The molecule has 176 valence electrons. The first-order valence-electron chi connectivity index (χ1n) is 10.4. The molecule has 0 saturated heterocycles. The molecule has 0 unspecified atom stereocenters. The van der Waals surface area contributed by atoms with Crippen molar-refractivity contribution in [1.29, 1.82) is 0 Å². The number of benzene rings is 1. The number of sulfonamides is 1. The molecular formula is C21H21N7O5S. The maximum Gasteiger partial charge on any atom is 0.330 e. The first-order chi connectivity index (χ1) is 16.2. The van der Waals surface area contributed by atoms with Gasteiger partial charge in [0.2, 0.25) is 15.9 Å². The molecular weight excluding hydrogens is 462 g/mol. The van der Waals surface area contributed by atoms with Crippen LogP contribution in [0.5, 0.6) is 5.88 Å². The van der Waals surface area contributed by atoms with Gasteiger partial charge in [0.25, 0.3) is 0 Å². The molecule has 0 atom stereocenters. The third-order valence-electron chi connectivity index (χ3n) is 5.23. The fourth-order valence-electron chi connectivity index (χ4n) is 3.52. The zero-order chi connectivity index (χ0) is 24.0. The first kappa shape index (κ1) is 21.9. The number of nitrogens with zero attached hydrogens (tertiary/aromatic N) is 5. The van der Waals surface area contributed by atoms with Crippen molar-refractivity contribution in [2.45, 2.75) is 25.6 Å². The fourth-order valence-corrected chi connectivity index (χ4v) is 4.08. The predicted octanol–water partition coefficient (Wildman–Crippen LogP) is -0.476. The Labute approximate surface area is 192 Å². The van der Waals surface area contributed by atoms with Crippen molar-refractivity contribution in [3.05, 3.63) is 63.4 Å². The van der Waals surface area contributed by atoms with Gasteiger partial charge in [0.05, 0.1) is 24.2 Å². The zero-order valence-corrected chi connectivity index (χ0v) is 18.8. The minimum Gasteiger partial charge on any atom is -0.493 e. The molecule has 1 fully saturated rings. The van der Waals surface area contributed by atoms with Crippen molar-refractivity contribution in [3.63, 3.8) is 0 Å². The summed E-state index contributed by atoms with van der Waals surface area (Å²) in [6.45, 7) is -0.672. The van der Waals surface area contributed by atoms with Gasteiger partial charge in [0.15, 0.2) is 11.1 Å². The van der Waals surface area contributed by atoms with Gasteiger partial charge in [-0.3, -0.25) is 9.71 Å². The van der Waals surface area contributed by atoms with Crippen molar-refractivity contribution < 1.29 is 18.6 Å². The minimum absolute atomic E-state index is 0.0983. The molecule has 12 nitrogen and oxygen atoms in total. The summed E-state index contributed by atoms with van der Waals surface area (Å²) in [6.07, 6.45) is 6.08. The number of aromatic nitrogens is 5. The van der Waals surface area contributed by atoms with Crippen LogP contribution in [0.4, 0.5) is 5.69 Å². The number of aromatic amines is 1. The third kappa shape index (κ3) is 4.30. The number of hydrogen-bond acceptors (Lipinski definition) is 8. The molecule has 4 aromatic rings. The summed E-state index contributed by atoms with van der Waals surface area (Å²) in [7, 11) is -3.45. The van der Waals surface area contributed by atoms with E-state index in [0.717, 1.165) is 23.7 Å². The Balaban J connectivity index is 1.71. The molecule has 34 heavy (non-hydrogen) atoms. The van der Waals surface area contributed by atoms with Crippen LogP contribution in [-0.4, -0.2) is 55.1 Å². The molecule has 3 aromatic heterocycles. The van der Waals surface area contributed by atoms with E-state index in [0.29, 0.717) is 33.3 Å². The highest BCUT2D eigenvalue weighted by molar-refractivity contribution is 7.92. The molecule has 1 aliphatic rings. The highest BCUT2D eigenvalue weighted by Crippen LogP contribution is 2.24. The van der Waals surface area contributed by atoms with Crippen LogP contribution in [0.25, 0.3) is 23.0 Å². The zero-order valence-electron chi connectivity index (χ0n) is 18.0. The van der Waals surface area contributed by atoms with Gasteiger partial charge in [-0.2, -0.15) is 9.61 Å². The van der Waals surface area contributed by atoms with Crippen LogP contribution in [0.2, 0.25) is 0 Å². The Bertz CT molecular complexity index is 1700. The van der Waals surface area contributed by atoms with Crippen LogP contribution in [-0.2, 0) is 16.8 Å². The van der Waals surface area contributed by atoms with Crippen LogP contribution >= 0.6 is 0 Å². The second-order valence-electron chi connectivity index (χ2n) is 8.03. The molecule has 5 rings (SSSR count). The van der Waals surface area contributed by atoms with Crippen molar-refractivity contribution in [2.24, 2.45) is 4.99 Å². The monoisotopic (exact) mass is 483 g/mol. The Kier molecular flexibility index (Phi) is 5.21. The van der Waals surface area contributed by atoms with Crippen LogP contribution in [0.3, 0.4) is 0 Å². The number of fused-ring (bicyclic) bond motifs is 1. The number of aliphatic hydroxyl groups excluding tert-OH is 1. The number of nitrogens with one attached hydrogen (secondary N) is 2. The molecule has 1 aliphatic carbocycles. The lowest BCUT2D eigenvalue weighted by atomic mass is 10.1. The number of imidazole rings is 1. The van der Waals surface area contributed by atoms with Crippen molar-refractivity contribution >= 4 is 27.4 Å².